The van der Waals surface area contributed by atoms with Crippen LogP contribution in [0.1, 0.15) is 58.9 Å². The average Bonchev–Trinajstić information content (AvgIpc) is 3.17. The van der Waals surface area contributed by atoms with E-state index in [9.17, 15) is 4.79 Å². The second-order valence-corrected chi connectivity index (χ2v) is 10.3. The number of thioether (sulfide) groups is 1. The molecule has 2 fully saturated rings. The molecule has 2 aromatic heterocycles. The zero-order chi connectivity index (χ0) is 19.0. The smallest absolute Gasteiger partial charge is 0.233 e. The fraction of sp³-hybridized carbons (Fsp3) is 0.650. The summed E-state index contributed by atoms with van der Waals surface area (Å²) >= 11 is 3.22. The van der Waals surface area contributed by atoms with E-state index >= 15 is 0 Å². The molecule has 2 heterocycles. The number of hydrogen-bond acceptors (Lipinski definition) is 5. The minimum atomic E-state index is -0.174. The van der Waals surface area contributed by atoms with Crippen molar-refractivity contribution in [2.45, 2.75) is 75.4 Å². The van der Waals surface area contributed by atoms with Crippen molar-refractivity contribution in [1.29, 1.82) is 0 Å². The number of aromatic nitrogens is 3. The van der Waals surface area contributed by atoms with Crippen LogP contribution in [-0.4, -0.2) is 32.0 Å². The molecule has 0 aliphatic heterocycles. The zero-order valence-corrected chi connectivity index (χ0v) is 17.9. The molecule has 0 aromatic carbocycles. The van der Waals surface area contributed by atoms with Crippen molar-refractivity contribution >= 4 is 29.0 Å². The molecule has 0 saturated heterocycles. The molecule has 2 saturated carbocycles. The van der Waals surface area contributed by atoms with Gasteiger partial charge in [-0.25, -0.2) is 0 Å². The number of rotatable bonds is 6. The SMILES string of the molecule is C[C@@H]1[C@@H](C)CCC[C@H]1NC(=O)[C@@H](C)Sc1nnc(-c2cccs2)n1C1CC1. The van der Waals surface area contributed by atoms with Crippen molar-refractivity contribution in [3.63, 3.8) is 0 Å². The van der Waals surface area contributed by atoms with Gasteiger partial charge in [0.1, 0.15) is 0 Å². The van der Waals surface area contributed by atoms with Crippen LogP contribution in [0.3, 0.4) is 0 Å². The number of thiophene rings is 1. The molecule has 27 heavy (non-hydrogen) atoms. The Balaban J connectivity index is 1.45. The average molecular weight is 405 g/mol. The molecular formula is C20H28N4OS2. The highest BCUT2D eigenvalue weighted by Crippen LogP contribution is 2.42. The Morgan fingerprint density at radius 2 is 2.11 bits per heavy atom. The summed E-state index contributed by atoms with van der Waals surface area (Å²) in [5.74, 6) is 2.28. The monoisotopic (exact) mass is 404 g/mol. The Labute approximate surface area is 169 Å². The topological polar surface area (TPSA) is 59.8 Å². The Kier molecular flexibility index (Phi) is 5.60. The summed E-state index contributed by atoms with van der Waals surface area (Å²) in [6.07, 6.45) is 5.91. The van der Waals surface area contributed by atoms with Gasteiger partial charge in [-0.1, -0.05) is 44.5 Å². The first-order valence-corrected chi connectivity index (χ1v) is 11.8. The van der Waals surface area contributed by atoms with E-state index in [0.29, 0.717) is 23.9 Å². The van der Waals surface area contributed by atoms with E-state index in [1.807, 2.05) is 13.0 Å². The summed E-state index contributed by atoms with van der Waals surface area (Å²) in [5.41, 5.74) is 0. The van der Waals surface area contributed by atoms with E-state index in [2.05, 4.69) is 45.4 Å². The maximum absolute atomic E-state index is 12.8. The molecule has 2 aromatic rings. The maximum Gasteiger partial charge on any atom is 0.233 e. The molecule has 1 N–H and O–H groups in total. The highest BCUT2D eigenvalue weighted by Gasteiger charge is 2.33. The van der Waals surface area contributed by atoms with E-state index in [1.54, 1.807) is 11.3 Å². The second kappa shape index (κ2) is 7.95. The molecule has 5 nitrogen and oxygen atoms in total. The first-order valence-electron chi connectivity index (χ1n) is 10.0. The third-order valence-electron chi connectivity index (χ3n) is 6.00. The highest BCUT2D eigenvalue weighted by atomic mass is 32.2. The lowest BCUT2D eigenvalue weighted by Gasteiger charge is -2.35. The molecule has 7 heteroatoms. The summed E-state index contributed by atoms with van der Waals surface area (Å²) in [5, 5.41) is 14.9. The van der Waals surface area contributed by atoms with Gasteiger partial charge in [-0.3, -0.25) is 9.36 Å². The molecule has 0 radical (unpaired) electrons. The summed E-state index contributed by atoms with van der Waals surface area (Å²) in [6.45, 7) is 6.54. The van der Waals surface area contributed by atoms with Crippen LogP contribution < -0.4 is 5.32 Å². The summed E-state index contributed by atoms with van der Waals surface area (Å²) in [4.78, 5) is 14.0. The van der Waals surface area contributed by atoms with Crippen LogP contribution in [0.4, 0.5) is 0 Å². The second-order valence-electron chi connectivity index (χ2n) is 8.03. The Morgan fingerprint density at radius 1 is 1.30 bits per heavy atom. The van der Waals surface area contributed by atoms with Crippen molar-refractivity contribution in [3.8, 4) is 10.7 Å². The minimum Gasteiger partial charge on any atom is -0.352 e. The zero-order valence-electron chi connectivity index (χ0n) is 16.2. The fourth-order valence-electron chi connectivity index (χ4n) is 3.89. The van der Waals surface area contributed by atoms with Crippen LogP contribution >= 0.6 is 23.1 Å². The van der Waals surface area contributed by atoms with E-state index < -0.39 is 0 Å². The van der Waals surface area contributed by atoms with Gasteiger partial charge in [0, 0.05) is 12.1 Å². The van der Waals surface area contributed by atoms with Gasteiger partial charge < -0.3 is 5.32 Å². The van der Waals surface area contributed by atoms with Gasteiger partial charge in [0.2, 0.25) is 5.91 Å². The van der Waals surface area contributed by atoms with Crippen molar-refractivity contribution in [2.75, 3.05) is 0 Å². The fourth-order valence-corrected chi connectivity index (χ4v) is 5.52. The molecular weight excluding hydrogens is 376 g/mol. The number of nitrogens with zero attached hydrogens (tertiary/aromatic N) is 3. The molecule has 0 spiro atoms. The van der Waals surface area contributed by atoms with E-state index in [4.69, 9.17) is 0 Å². The Bertz CT molecular complexity index is 784. The van der Waals surface area contributed by atoms with E-state index in [0.717, 1.165) is 22.3 Å². The Morgan fingerprint density at radius 3 is 2.81 bits per heavy atom. The first kappa shape index (κ1) is 19.0. The van der Waals surface area contributed by atoms with Crippen LogP contribution in [0.5, 0.6) is 0 Å². The molecule has 4 rings (SSSR count). The number of nitrogens with one attached hydrogen (secondary N) is 1. The van der Waals surface area contributed by atoms with Crippen LogP contribution in [0, 0.1) is 11.8 Å². The van der Waals surface area contributed by atoms with Gasteiger partial charge in [-0.15, -0.1) is 21.5 Å². The lowest BCUT2D eigenvalue weighted by atomic mass is 9.78. The summed E-state index contributed by atoms with van der Waals surface area (Å²) in [7, 11) is 0. The van der Waals surface area contributed by atoms with Gasteiger partial charge in [0.15, 0.2) is 11.0 Å². The van der Waals surface area contributed by atoms with E-state index in [-0.39, 0.29) is 11.2 Å². The van der Waals surface area contributed by atoms with Crippen LogP contribution in [-0.2, 0) is 4.79 Å². The molecule has 2 aliphatic carbocycles. The van der Waals surface area contributed by atoms with Gasteiger partial charge in [-0.05, 0) is 49.5 Å². The normalized spacial score (nSPS) is 26.7. The number of hydrogen-bond donors (Lipinski definition) is 1. The largest absolute Gasteiger partial charge is 0.352 e. The van der Waals surface area contributed by atoms with Gasteiger partial charge in [-0.2, -0.15) is 0 Å². The maximum atomic E-state index is 12.8. The summed E-state index contributed by atoms with van der Waals surface area (Å²) in [6, 6.07) is 4.91. The van der Waals surface area contributed by atoms with Crippen LogP contribution in [0.15, 0.2) is 22.7 Å². The van der Waals surface area contributed by atoms with Crippen molar-refractivity contribution in [1.82, 2.24) is 20.1 Å². The molecule has 0 bridgehead atoms. The predicted octanol–water partition coefficient (Wildman–Crippen LogP) is 4.76. The minimum absolute atomic E-state index is 0.119. The molecule has 2 aliphatic rings. The van der Waals surface area contributed by atoms with Crippen molar-refractivity contribution in [2.24, 2.45) is 11.8 Å². The number of carbonyl (C=O) groups excluding carboxylic acids is 1. The standard InChI is InChI=1S/C20H28N4OS2/c1-12-6-4-7-16(13(12)2)21-19(25)14(3)27-20-23-22-18(17-8-5-11-26-17)24(20)15-9-10-15/h5,8,11-16H,4,6-7,9-10H2,1-3H3,(H,21,25)/t12-,13+,14+,16+/m0/s1. The molecule has 0 unspecified atom stereocenters. The third kappa shape index (κ3) is 4.09. The van der Waals surface area contributed by atoms with Crippen LogP contribution in [0.25, 0.3) is 10.7 Å². The first-order chi connectivity index (χ1) is 13.0. The lowest BCUT2D eigenvalue weighted by molar-refractivity contribution is -0.121. The van der Waals surface area contributed by atoms with Crippen molar-refractivity contribution < 1.29 is 4.79 Å². The van der Waals surface area contributed by atoms with Crippen LogP contribution in [0.2, 0.25) is 0 Å². The predicted molar refractivity (Wildman–Crippen MR) is 111 cm³/mol. The van der Waals surface area contributed by atoms with Gasteiger partial charge >= 0.3 is 0 Å². The quantitative estimate of drug-likeness (QED) is 0.705. The number of amides is 1. The number of carbonyl (C=O) groups is 1. The van der Waals surface area contributed by atoms with E-state index in [1.165, 1.54) is 37.4 Å². The van der Waals surface area contributed by atoms with Gasteiger partial charge in [0.05, 0.1) is 10.1 Å². The molecule has 1 amide bonds. The molecule has 4 atom stereocenters. The van der Waals surface area contributed by atoms with Gasteiger partial charge in [0.25, 0.3) is 0 Å². The highest BCUT2D eigenvalue weighted by molar-refractivity contribution is 8.00. The third-order valence-corrected chi connectivity index (χ3v) is 7.93. The molecule has 146 valence electrons. The Hall–Kier alpha value is -1.34. The lowest BCUT2D eigenvalue weighted by Crippen LogP contribution is -2.46. The summed E-state index contributed by atoms with van der Waals surface area (Å²) < 4.78 is 2.24. The van der Waals surface area contributed by atoms with Crippen molar-refractivity contribution in [3.05, 3.63) is 17.5 Å².